The van der Waals surface area contributed by atoms with Crippen molar-refractivity contribution in [2.24, 2.45) is 0 Å². The van der Waals surface area contributed by atoms with Crippen molar-refractivity contribution in [1.82, 2.24) is 10.0 Å². The first-order valence-corrected chi connectivity index (χ1v) is 11.1. The van der Waals surface area contributed by atoms with Gasteiger partial charge in [-0.1, -0.05) is 0 Å². The highest BCUT2D eigenvalue weighted by Gasteiger charge is 2.21. The summed E-state index contributed by atoms with van der Waals surface area (Å²) >= 11 is 0. The van der Waals surface area contributed by atoms with Crippen LogP contribution >= 0.6 is 0 Å². The van der Waals surface area contributed by atoms with Crippen molar-refractivity contribution >= 4 is 27.7 Å². The van der Waals surface area contributed by atoms with Gasteiger partial charge >= 0.3 is 12.0 Å². The molecule has 2 amide bonds. The molecule has 0 aliphatic heterocycles. The Balaban J connectivity index is 2.18. The molecular formula is C21H26FN3O5S. The molecule has 0 saturated carbocycles. The second-order valence-electron chi connectivity index (χ2n) is 7.46. The van der Waals surface area contributed by atoms with E-state index in [4.69, 9.17) is 4.74 Å². The average molecular weight is 452 g/mol. The number of sulfonamides is 1. The summed E-state index contributed by atoms with van der Waals surface area (Å²) in [6.07, 6.45) is 0. The summed E-state index contributed by atoms with van der Waals surface area (Å²) in [5.41, 5.74) is 0.0427. The largest absolute Gasteiger partial charge is 0.423 e. The molecule has 0 spiro atoms. The van der Waals surface area contributed by atoms with Crippen LogP contribution in [-0.2, 0) is 10.0 Å². The first-order valence-electron chi connectivity index (χ1n) is 9.59. The summed E-state index contributed by atoms with van der Waals surface area (Å²) in [6.45, 7) is 6.96. The van der Waals surface area contributed by atoms with E-state index in [1.54, 1.807) is 33.0 Å². The van der Waals surface area contributed by atoms with Crippen LogP contribution in [-0.4, -0.2) is 39.5 Å². The fraction of sp³-hybridized carbons (Fsp3) is 0.333. The molecule has 2 aromatic rings. The van der Waals surface area contributed by atoms with E-state index in [0.29, 0.717) is 5.69 Å². The molecule has 0 saturated heterocycles. The van der Waals surface area contributed by atoms with Gasteiger partial charge in [-0.15, -0.1) is 0 Å². The monoisotopic (exact) mass is 451 g/mol. The maximum absolute atomic E-state index is 14.2. The van der Waals surface area contributed by atoms with Crippen molar-refractivity contribution in [1.29, 1.82) is 0 Å². The third-order valence-corrected chi connectivity index (χ3v) is 5.67. The van der Waals surface area contributed by atoms with Gasteiger partial charge in [0.25, 0.3) is 0 Å². The van der Waals surface area contributed by atoms with E-state index in [2.05, 4.69) is 10.0 Å². The van der Waals surface area contributed by atoms with Crippen LogP contribution in [0.3, 0.4) is 0 Å². The van der Waals surface area contributed by atoms with Gasteiger partial charge in [0.2, 0.25) is 10.0 Å². The standard InChI is InChI=1S/C21H26FN3O5S/c1-13(2)23-21(27)25(5)15-6-8-16(9-7-15)30-20(26)18-12-17(10-11-19(18)22)31(28,29)24-14(3)4/h6-14,24H,1-5H3,(H,23,27). The summed E-state index contributed by atoms with van der Waals surface area (Å²) < 4.78 is 46.3. The lowest BCUT2D eigenvalue weighted by atomic mass is 10.2. The van der Waals surface area contributed by atoms with Crippen LogP contribution in [0.1, 0.15) is 38.1 Å². The Morgan fingerprint density at radius 1 is 1.00 bits per heavy atom. The molecule has 168 valence electrons. The van der Waals surface area contributed by atoms with Gasteiger partial charge in [0, 0.05) is 24.8 Å². The van der Waals surface area contributed by atoms with Gasteiger partial charge in [0.15, 0.2) is 0 Å². The van der Waals surface area contributed by atoms with E-state index in [1.165, 1.54) is 17.0 Å². The fourth-order valence-corrected chi connectivity index (χ4v) is 3.84. The smallest absolute Gasteiger partial charge is 0.346 e. The number of carbonyl (C=O) groups is 2. The SMILES string of the molecule is CC(C)NC(=O)N(C)c1ccc(OC(=O)c2cc(S(=O)(=O)NC(C)C)ccc2F)cc1. The van der Waals surface area contributed by atoms with Crippen LogP contribution in [0, 0.1) is 5.82 Å². The van der Waals surface area contributed by atoms with Crippen molar-refractivity contribution in [3.63, 3.8) is 0 Å². The van der Waals surface area contributed by atoms with Crippen LogP contribution in [0.4, 0.5) is 14.9 Å². The molecule has 0 aliphatic carbocycles. The molecule has 0 atom stereocenters. The minimum absolute atomic E-state index is 0.0274. The number of hydrogen-bond donors (Lipinski definition) is 2. The van der Waals surface area contributed by atoms with Gasteiger partial charge in [-0.25, -0.2) is 27.1 Å². The van der Waals surface area contributed by atoms with Crippen molar-refractivity contribution in [2.75, 3.05) is 11.9 Å². The van der Waals surface area contributed by atoms with Gasteiger partial charge in [-0.05, 0) is 70.2 Å². The van der Waals surface area contributed by atoms with Crippen LogP contribution in [0.2, 0.25) is 0 Å². The highest BCUT2D eigenvalue weighted by molar-refractivity contribution is 7.89. The van der Waals surface area contributed by atoms with E-state index < -0.39 is 27.4 Å². The number of nitrogens with zero attached hydrogens (tertiary/aromatic N) is 1. The Kier molecular flexibility index (Phi) is 7.75. The Morgan fingerprint density at radius 2 is 1.61 bits per heavy atom. The third kappa shape index (κ3) is 6.50. The average Bonchev–Trinajstić information content (AvgIpc) is 2.66. The Bertz CT molecular complexity index is 1050. The molecule has 8 nitrogen and oxygen atoms in total. The second kappa shape index (κ2) is 9.88. The van der Waals surface area contributed by atoms with E-state index in [0.717, 1.165) is 18.2 Å². The van der Waals surface area contributed by atoms with Crippen molar-refractivity contribution in [3.05, 3.63) is 53.8 Å². The Morgan fingerprint density at radius 3 is 2.16 bits per heavy atom. The maximum atomic E-state index is 14.2. The summed E-state index contributed by atoms with van der Waals surface area (Å²) in [6, 6.07) is 8.23. The molecule has 0 unspecified atom stereocenters. The normalized spacial score (nSPS) is 11.5. The highest BCUT2D eigenvalue weighted by Crippen LogP contribution is 2.22. The number of anilines is 1. The lowest BCUT2D eigenvalue weighted by Gasteiger charge is -2.20. The molecule has 2 rings (SSSR count). The minimum Gasteiger partial charge on any atom is -0.423 e. The Hall–Kier alpha value is -2.98. The van der Waals surface area contributed by atoms with Crippen molar-refractivity contribution in [3.8, 4) is 5.75 Å². The molecular weight excluding hydrogens is 425 g/mol. The van der Waals surface area contributed by atoms with E-state index >= 15 is 0 Å². The number of hydrogen-bond acceptors (Lipinski definition) is 5. The van der Waals surface area contributed by atoms with Gasteiger partial charge in [-0.2, -0.15) is 0 Å². The van der Waals surface area contributed by atoms with Gasteiger partial charge in [0.1, 0.15) is 11.6 Å². The zero-order valence-electron chi connectivity index (χ0n) is 18.0. The summed E-state index contributed by atoms with van der Waals surface area (Å²) in [4.78, 5) is 25.6. The Labute approximate surface area is 181 Å². The second-order valence-corrected chi connectivity index (χ2v) is 9.18. The number of nitrogens with one attached hydrogen (secondary N) is 2. The van der Waals surface area contributed by atoms with Crippen LogP contribution in [0.15, 0.2) is 47.4 Å². The predicted molar refractivity (Wildman–Crippen MR) is 115 cm³/mol. The van der Waals surface area contributed by atoms with Crippen molar-refractivity contribution < 1.29 is 27.1 Å². The zero-order valence-corrected chi connectivity index (χ0v) is 18.8. The minimum atomic E-state index is -3.91. The molecule has 0 heterocycles. The number of urea groups is 1. The number of benzene rings is 2. The molecule has 0 fully saturated rings. The van der Waals surface area contributed by atoms with Crippen LogP contribution in [0.5, 0.6) is 5.75 Å². The lowest BCUT2D eigenvalue weighted by molar-refractivity contribution is 0.0729. The molecule has 2 aromatic carbocycles. The van der Waals surface area contributed by atoms with Gasteiger partial charge in [-0.3, -0.25) is 4.90 Å². The molecule has 0 aromatic heterocycles. The van der Waals surface area contributed by atoms with E-state index in [-0.39, 0.29) is 28.8 Å². The van der Waals surface area contributed by atoms with E-state index in [9.17, 15) is 22.4 Å². The number of carbonyl (C=O) groups excluding carboxylic acids is 2. The predicted octanol–water partition coefficient (Wildman–Crippen LogP) is 3.29. The molecule has 0 aliphatic rings. The van der Waals surface area contributed by atoms with Crippen LogP contribution in [0.25, 0.3) is 0 Å². The number of amides is 2. The summed E-state index contributed by atoms with van der Waals surface area (Å²) in [7, 11) is -2.32. The highest BCUT2D eigenvalue weighted by atomic mass is 32.2. The number of halogens is 1. The lowest BCUT2D eigenvalue weighted by Crippen LogP contribution is -2.40. The van der Waals surface area contributed by atoms with Crippen LogP contribution < -0.4 is 19.7 Å². The van der Waals surface area contributed by atoms with Crippen molar-refractivity contribution in [2.45, 2.75) is 44.7 Å². The quantitative estimate of drug-likeness (QED) is 0.497. The molecule has 0 radical (unpaired) electrons. The first-order chi connectivity index (χ1) is 14.4. The molecule has 31 heavy (non-hydrogen) atoms. The van der Waals surface area contributed by atoms with Gasteiger partial charge < -0.3 is 10.1 Å². The zero-order chi connectivity index (χ0) is 23.3. The third-order valence-electron chi connectivity index (χ3n) is 4.01. The fourth-order valence-electron chi connectivity index (χ4n) is 2.57. The summed E-state index contributed by atoms with van der Waals surface area (Å²) in [5, 5.41) is 2.75. The molecule has 0 bridgehead atoms. The van der Waals surface area contributed by atoms with Gasteiger partial charge in [0.05, 0.1) is 10.5 Å². The topological polar surface area (TPSA) is 105 Å². The molecule has 2 N–H and O–H groups in total. The number of esters is 1. The summed E-state index contributed by atoms with van der Waals surface area (Å²) in [5.74, 6) is -1.84. The number of ether oxygens (including phenoxy) is 1. The maximum Gasteiger partial charge on any atom is 0.346 e. The number of rotatable bonds is 7. The van der Waals surface area contributed by atoms with E-state index in [1.807, 2.05) is 13.8 Å². The first kappa shape index (κ1) is 24.3. The molecule has 10 heteroatoms.